The lowest BCUT2D eigenvalue weighted by Crippen LogP contribution is -2.08. The van der Waals surface area contributed by atoms with Crippen molar-refractivity contribution in [1.82, 2.24) is 4.98 Å². The number of hydrogen-bond acceptors (Lipinski definition) is 3. The van der Waals surface area contributed by atoms with Crippen molar-refractivity contribution in [2.45, 2.75) is 0 Å². The molecule has 1 rings (SSSR count). The van der Waals surface area contributed by atoms with Crippen LogP contribution in [0, 0.1) is 0 Å². The number of allylic oxidation sites excluding steroid dienone is 2. The highest BCUT2D eigenvalue weighted by atomic mass is 16.3. The monoisotopic (exact) mass is 190 g/mol. The van der Waals surface area contributed by atoms with E-state index < -0.39 is 0 Å². The van der Waals surface area contributed by atoms with Crippen molar-refractivity contribution >= 4 is 11.7 Å². The van der Waals surface area contributed by atoms with Gasteiger partial charge in [-0.15, -0.1) is 0 Å². The van der Waals surface area contributed by atoms with Gasteiger partial charge in [0.05, 0.1) is 0 Å². The van der Waals surface area contributed by atoms with Crippen molar-refractivity contribution < 1.29 is 9.90 Å². The number of pyridine rings is 1. The second-order valence-electron chi connectivity index (χ2n) is 2.46. The molecule has 1 aromatic rings. The molecule has 1 amide bonds. The van der Waals surface area contributed by atoms with Crippen LogP contribution in [-0.2, 0) is 4.79 Å². The van der Waals surface area contributed by atoms with Crippen molar-refractivity contribution in [3.8, 4) is 5.75 Å². The maximum absolute atomic E-state index is 11.1. The number of nitrogens with one attached hydrogen (secondary N) is 1. The molecule has 0 aliphatic carbocycles. The largest absolute Gasteiger partial charge is 0.504 e. The van der Waals surface area contributed by atoms with Crippen LogP contribution >= 0.6 is 0 Å². The molecule has 0 atom stereocenters. The average molecular weight is 190 g/mol. The molecule has 0 unspecified atom stereocenters. The molecule has 72 valence electrons. The normalized spacial score (nSPS) is 10.0. The second-order valence-corrected chi connectivity index (χ2v) is 2.46. The van der Waals surface area contributed by atoms with Crippen LogP contribution in [0.4, 0.5) is 5.82 Å². The zero-order valence-electron chi connectivity index (χ0n) is 7.47. The summed E-state index contributed by atoms with van der Waals surface area (Å²) in [7, 11) is 0. The molecule has 0 spiro atoms. The van der Waals surface area contributed by atoms with Crippen LogP contribution in [0.3, 0.4) is 0 Å². The van der Waals surface area contributed by atoms with E-state index >= 15 is 0 Å². The summed E-state index contributed by atoms with van der Waals surface area (Å²) in [5.41, 5.74) is 0. The molecule has 14 heavy (non-hydrogen) atoms. The van der Waals surface area contributed by atoms with Crippen LogP contribution in [0.25, 0.3) is 0 Å². The summed E-state index contributed by atoms with van der Waals surface area (Å²) in [6, 6.07) is 3.02. The van der Waals surface area contributed by atoms with Crippen LogP contribution in [0.15, 0.2) is 43.1 Å². The van der Waals surface area contributed by atoms with Crippen molar-refractivity contribution in [3.63, 3.8) is 0 Å². The molecule has 1 heterocycles. The number of nitrogens with zero attached hydrogens (tertiary/aromatic N) is 1. The highest BCUT2D eigenvalue weighted by molar-refractivity contribution is 5.99. The van der Waals surface area contributed by atoms with E-state index in [0.29, 0.717) is 0 Å². The van der Waals surface area contributed by atoms with E-state index in [9.17, 15) is 9.90 Å². The van der Waals surface area contributed by atoms with E-state index in [1.54, 1.807) is 6.07 Å². The van der Waals surface area contributed by atoms with E-state index in [2.05, 4.69) is 16.9 Å². The van der Waals surface area contributed by atoms with Gasteiger partial charge in [-0.1, -0.05) is 18.7 Å². The predicted octanol–water partition coefficient (Wildman–Crippen LogP) is 1.47. The Morgan fingerprint density at radius 1 is 1.64 bits per heavy atom. The first-order valence-electron chi connectivity index (χ1n) is 3.98. The maximum Gasteiger partial charge on any atom is 0.249 e. The number of anilines is 1. The zero-order valence-corrected chi connectivity index (χ0v) is 7.47. The third-order valence-electron chi connectivity index (χ3n) is 1.41. The van der Waals surface area contributed by atoms with Gasteiger partial charge in [-0.3, -0.25) is 4.79 Å². The van der Waals surface area contributed by atoms with Gasteiger partial charge in [-0.05, 0) is 12.1 Å². The number of carbonyl (C=O) groups excluding carboxylic acids is 1. The molecule has 4 heteroatoms. The van der Waals surface area contributed by atoms with Crippen LogP contribution in [0.5, 0.6) is 5.75 Å². The standard InChI is InChI=1S/C10H10N2O2/c1-2-3-6-9(14)12-10-8(13)5-4-7-11-10/h2-7,13H,1H2,(H,11,12,14)/b6-3+. The number of carbonyl (C=O) groups is 1. The predicted molar refractivity (Wildman–Crippen MR) is 53.9 cm³/mol. The Hall–Kier alpha value is -2.10. The van der Waals surface area contributed by atoms with Crippen molar-refractivity contribution in [3.05, 3.63) is 43.1 Å². The maximum atomic E-state index is 11.1. The summed E-state index contributed by atoms with van der Waals surface area (Å²) in [6.07, 6.45) is 5.75. The molecular formula is C10H10N2O2. The molecule has 0 saturated heterocycles. The van der Waals surface area contributed by atoms with Gasteiger partial charge in [0.25, 0.3) is 0 Å². The first-order valence-corrected chi connectivity index (χ1v) is 3.98. The van der Waals surface area contributed by atoms with Crippen molar-refractivity contribution in [2.24, 2.45) is 0 Å². The van der Waals surface area contributed by atoms with Crippen molar-refractivity contribution in [1.29, 1.82) is 0 Å². The molecule has 0 radical (unpaired) electrons. The number of aromatic hydroxyl groups is 1. The lowest BCUT2D eigenvalue weighted by molar-refractivity contribution is -0.111. The molecule has 1 aromatic heterocycles. The van der Waals surface area contributed by atoms with E-state index in [4.69, 9.17) is 0 Å². The number of rotatable bonds is 3. The van der Waals surface area contributed by atoms with Gasteiger partial charge < -0.3 is 10.4 Å². The molecule has 0 bridgehead atoms. The lowest BCUT2D eigenvalue weighted by Gasteiger charge is -2.01. The molecule has 0 aliphatic heterocycles. The summed E-state index contributed by atoms with van der Waals surface area (Å²) in [5, 5.41) is 11.7. The van der Waals surface area contributed by atoms with E-state index in [1.165, 1.54) is 30.5 Å². The van der Waals surface area contributed by atoms with Gasteiger partial charge in [-0.2, -0.15) is 0 Å². The Balaban J connectivity index is 2.69. The Morgan fingerprint density at radius 2 is 2.43 bits per heavy atom. The number of hydrogen-bond donors (Lipinski definition) is 2. The van der Waals surface area contributed by atoms with Crippen LogP contribution in [0.2, 0.25) is 0 Å². The fourth-order valence-corrected chi connectivity index (χ4v) is 0.807. The second kappa shape index (κ2) is 4.81. The molecular weight excluding hydrogens is 180 g/mol. The summed E-state index contributed by atoms with van der Waals surface area (Å²) < 4.78 is 0. The first-order chi connectivity index (χ1) is 6.74. The van der Waals surface area contributed by atoms with Gasteiger partial charge in [-0.25, -0.2) is 4.98 Å². The molecule has 0 aromatic carbocycles. The SMILES string of the molecule is C=C/C=C/C(=O)Nc1ncccc1O. The zero-order chi connectivity index (χ0) is 10.4. The summed E-state index contributed by atoms with van der Waals surface area (Å²) >= 11 is 0. The highest BCUT2D eigenvalue weighted by Gasteiger charge is 2.02. The number of amides is 1. The van der Waals surface area contributed by atoms with Crippen LogP contribution in [-0.4, -0.2) is 16.0 Å². The fourth-order valence-electron chi connectivity index (χ4n) is 0.807. The quantitative estimate of drug-likeness (QED) is 0.560. The minimum Gasteiger partial charge on any atom is -0.504 e. The molecule has 0 fully saturated rings. The highest BCUT2D eigenvalue weighted by Crippen LogP contribution is 2.17. The third kappa shape index (κ3) is 2.75. The molecule has 0 saturated carbocycles. The van der Waals surface area contributed by atoms with Gasteiger partial charge >= 0.3 is 0 Å². The minimum absolute atomic E-state index is 0.0622. The molecule has 2 N–H and O–H groups in total. The summed E-state index contributed by atoms with van der Waals surface area (Å²) in [5.74, 6) is -0.280. The van der Waals surface area contributed by atoms with Gasteiger partial charge in [0.1, 0.15) is 0 Å². The smallest absolute Gasteiger partial charge is 0.249 e. The summed E-state index contributed by atoms with van der Waals surface area (Å²) in [4.78, 5) is 14.9. The minimum atomic E-state index is -0.362. The van der Waals surface area contributed by atoms with E-state index in [-0.39, 0.29) is 17.5 Å². The molecule has 0 aliphatic rings. The van der Waals surface area contributed by atoms with Crippen molar-refractivity contribution in [2.75, 3.05) is 5.32 Å². The van der Waals surface area contributed by atoms with E-state index in [1.807, 2.05) is 0 Å². The van der Waals surface area contributed by atoms with Gasteiger partial charge in [0, 0.05) is 12.3 Å². The van der Waals surface area contributed by atoms with Crippen LogP contribution < -0.4 is 5.32 Å². The Kier molecular flexibility index (Phi) is 3.43. The fraction of sp³-hybridized carbons (Fsp3) is 0. The first kappa shape index (κ1) is 9.98. The average Bonchev–Trinajstić information content (AvgIpc) is 2.18. The Morgan fingerprint density at radius 3 is 3.07 bits per heavy atom. The Labute approximate surface area is 81.6 Å². The lowest BCUT2D eigenvalue weighted by atomic mass is 10.4. The van der Waals surface area contributed by atoms with E-state index in [0.717, 1.165) is 0 Å². The summed E-state index contributed by atoms with van der Waals surface area (Å²) in [6.45, 7) is 3.43. The third-order valence-corrected chi connectivity index (χ3v) is 1.41. The topological polar surface area (TPSA) is 62.2 Å². The Bertz CT molecular complexity index is 372. The van der Waals surface area contributed by atoms with Gasteiger partial charge in [0.15, 0.2) is 11.6 Å². The molecule has 4 nitrogen and oxygen atoms in total. The number of aromatic nitrogens is 1. The van der Waals surface area contributed by atoms with Gasteiger partial charge in [0.2, 0.25) is 5.91 Å². The van der Waals surface area contributed by atoms with Crippen LogP contribution in [0.1, 0.15) is 0 Å².